The van der Waals surface area contributed by atoms with Gasteiger partial charge in [-0.3, -0.25) is 4.79 Å². The van der Waals surface area contributed by atoms with Gasteiger partial charge in [0.25, 0.3) is 0 Å². The summed E-state index contributed by atoms with van der Waals surface area (Å²) in [4.78, 5) is 24.4. The third-order valence-electron chi connectivity index (χ3n) is 2.95. The molecule has 0 fully saturated rings. The number of carboxylic acid groups (broad SMARTS) is 1. The van der Waals surface area contributed by atoms with E-state index < -0.39 is 11.9 Å². The topological polar surface area (TPSA) is 69.6 Å². The SMILES string of the molecule is CCN(CC(C)C(=O)O)C(=O)Nc1cc(C)ccc1Cl. The molecule has 1 atom stereocenters. The third-order valence-corrected chi connectivity index (χ3v) is 3.28. The fraction of sp³-hybridized carbons (Fsp3) is 0.429. The summed E-state index contributed by atoms with van der Waals surface area (Å²) in [6.45, 7) is 5.84. The van der Waals surface area contributed by atoms with E-state index in [4.69, 9.17) is 16.7 Å². The number of benzene rings is 1. The molecule has 110 valence electrons. The van der Waals surface area contributed by atoms with E-state index in [-0.39, 0.29) is 12.6 Å². The zero-order valence-electron chi connectivity index (χ0n) is 11.8. The Morgan fingerprint density at radius 2 is 2.10 bits per heavy atom. The number of nitrogens with one attached hydrogen (secondary N) is 1. The van der Waals surface area contributed by atoms with E-state index in [0.29, 0.717) is 17.3 Å². The van der Waals surface area contributed by atoms with Crippen molar-refractivity contribution in [1.29, 1.82) is 0 Å². The van der Waals surface area contributed by atoms with Crippen LogP contribution in [0.5, 0.6) is 0 Å². The highest BCUT2D eigenvalue weighted by molar-refractivity contribution is 6.33. The maximum Gasteiger partial charge on any atom is 0.321 e. The molecule has 0 spiro atoms. The quantitative estimate of drug-likeness (QED) is 0.877. The number of rotatable bonds is 5. The molecule has 0 aliphatic carbocycles. The van der Waals surface area contributed by atoms with Gasteiger partial charge in [0.1, 0.15) is 0 Å². The van der Waals surface area contributed by atoms with Crippen molar-refractivity contribution in [2.24, 2.45) is 5.92 Å². The molecule has 0 aliphatic rings. The van der Waals surface area contributed by atoms with Gasteiger partial charge in [-0.15, -0.1) is 0 Å². The average Bonchev–Trinajstić information content (AvgIpc) is 2.39. The molecule has 0 aliphatic heterocycles. The second-order valence-electron chi connectivity index (χ2n) is 4.69. The lowest BCUT2D eigenvalue weighted by atomic mass is 10.2. The number of carbonyl (C=O) groups is 2. The first-order valence-corrected chi connectivity index (χ1v) is 6.77. The first kappa shape index (κ1) is 16.3. The van der Waals surface area contributed by atoms with Crippen molar-refractivity contribution in [3.05, 3.63) is 28.8 Å². The van der Waals surface area contributed by atoms with E-state index in [2.05, 4.69) is 5.32 Å². The second kappa shape index (κ2) is 7.14. The number of carboxylic acids is 1. The van der Waals surface area contributed by atoms with Crippen LogP contribution in [0, 0.1) is 12.8 Å². The molecule has 1 rings (SSSR count). The standard InChI is InChI=1S/C14H19ClN2O3/c1-4-17(8-10(3)13(18)19)14(20)16-12-7-9(2)5-6-11(12)15/h5-7,10H,4,8H2,1-3H3,(H,16,20)(H,18,19). The van der Waals surface area contributed by atoms with Crippen LogP contribution in [0.2, 0.25) is 5.02 Å². The highest BCUT2D eigenvalue weighted by Gasteiger charge is 2.19. The van der Waals surface area contributed by atoms with Crippen LogP contribution in [0.1, 0.15) is 19.4 Å². The van der Waals surface area contributed by atoms with Gasteiger partial charge in [-0.1, -0.05) is 24.6 Å². The Labute approximate surface area is 123 Å². The molecule has 0 saturated heterocycles. The largest absolute Gasteiger partial charge is 0.481 e. The molecule has 0 heterocycles. The number of aryl methyl sites for hydroxylation is 1. The van der Waals surface area contributed by atoms with Gasteiger partial charge in [-0.25, -0.2) is 4.79 Å². The molecule has 20 heavy (non-hydrogen) atoms. The summed E-state index contributed by atoms with van der Waals surface area (Å²) >= 11 is 6.02. The number of amides is 2. The van der Waals surface area contributed by atoms with Crippen molar-refractivity contribution in [1.82, 2.24) is 4.90 Å². The molecule has 0 aromatic heterocycles. The molecular formula is C14H19ClN2O3. The van der Waals surface area contributed by atoms with Gasteiger partial charge in [0.15, 0.2) is 0 Å². The summed E-state index contributed by atoms with van der Waals surface area (Å²) in [5, 5.41) is 12.1. The van der Waals surface area contributed by atoms with E-state index in [0.717, 1.165) is 5.56 Å². The van der Waals surface area contributed by atoms with Crippen molar-refractivity contribution in [2.75, 3.05) is 18.4 Å². The monoisotopic (exact) mass is 298 g/mol. The number of anilines is 1. The van der Waals surface area contributed by atoms with E-state index >= 15 is 0 Å². The molecule has 5 nitrogen and oxygen atoms in total. The van der Waals surface area contributed by atoms with Gasteiger partial charge in [-0.2, -0.15) is 0 Å². The number of carbonyl (C=O) groups excluding carboxylic acids is 1. The summed E-state index contributed by atoms with van der Waals surface area (Å²) in [5.74, 6) is -1.54. The number of nitrogens with zero attached hydrogens (tertiary/aromatic N) is 1. The molecule has 2 amide bonds. The van der Waals surface area contributed by atoms with Crippen LogP contribution in [0.15, 0.2) is 18.2 Å². The molecule has 1 unspecified atom stereocenters. The summed E-state index contributed by atoms with van der Waals surface area (Å²) in [7, 11) is 0. The first-order valence-electron chi connectivity index (χ1n) is 6.40. The fourth-order valence-corrected chi connectivity index (χ4v) is 1.86. The lowest BCUT2D eigenvalue weighted by Gasteiger charge is -2.23. The minimum absolute atomic E-state index is 0.154. The minimum Gasteiger partial charge on any atom is -0.481 e. The smallest absolute Gasteiger partial charge is 0.321 e. The van der Waals surface area contributed by atoms with Gasteiger partial charge < -0.3 is 15.3 Å². The Morgan fingerprint density at radius 3 is 2.65 bits per heavy atom. The van der Waals surface area contributed by atoms with Crippen LogP contribution in [0.4, 0.5) is 10.5 Å². The number of urea groups is 1. The average molecular weight is 299 g/mol. The van der Waals surface area contributed by atoms with Gasteiger partial charge >= 0.3 is 12.0 Å². The molecule has 0 saturated carbocycles. The Balaban J connectivity index is 2.77. The van der Waals surface area contributed by atoms with Crippen molar-refractivity contribution < 1.29 is 14.7 Å². The Hall–Kier alpha value is -1.75. The second-order valence-corrected chi connectivity index (χ2v) is 5.10. The molecule has 0 bridgehead atoms. The number of hydrogen-bond donors (Lipinski definition) is 2. The number of hydrogen-bond acceptors (Lipinski definition) is 2. The predicted molar refractivity (Wildman–Crippen MR) is 79.3 cm³/mol. The molecule has 1 aromatic rings. The Bertz CT molecular complexity index is 505. The maximum absolute atomic E-state index is 12.1. The van der Waals surface area contributed by atoms with Crippen LogP contribution < -0.4 is 5.32 Å². The number of halogens is 1. The fourth-order valence-electron chi connectivity index (χ4n) is 1.69. The summed E-state index contributed by atoms with van der Waals surface area (Å²) in [6.07, 6.45) is 0. The van der Waals surface area contributed by atoms with E-state index in [1.54, 1.807) is 26.0 Å². The predicted octanol–water partition coefficient (Wildman–Crippen LogP) is 3.22. The van der Waals surface area contributed by atoms with Gasteiger partial charge in [-0.05, 0) is 31.5 Å². The summed E-state index contributed by atoms with van der Waals surface area (Å²) < 4.78 is 0. The highest BCUT2D eigenvalue weighted by Crippen LogP contribution is 2.23. The lowest BCUT2D eigenvalue weighted by molar-refractivity contribution is -0.141. The Morgan fingerprint density at radius 1 is 1.45 bits per heavy atom. The van der Waals surface area contributed by atoms with E-state index in [9.17, 15) is 9.59 Å². The minimum atomic E-state index is -0.926. The summed E-state index contributed by atoms with van der Waals surface area (Å²) in [5.41, 5.74) is 1.50. The number of aliphatic carboxylic acids is 1. The normalized spacial score (nSPS) is 11.8. The van der Waals surface area contributed by atoms with Crippen molar-refractivity contribution in [2.45, 2.75) is 20.8 Å². The molecular weight excluding hydrogens is 280 g/mol. The first-order chi connectivity index (χ1) is 9.35. The summed E-state index contributed by atoms with van der Waals surface area (Å²) in [6, 6.07) is 4.98. The van der Waals surface area contributed by atoms with Crippen LogP contribution in [-0.4, -0.2) is 35.1 Å². The van der Waals surface area contributed by atoms with Gasteiger partial charge in [0, 0.05) is 13.1 Å². The molecule has 6 heteroatoms. The van der Waals surface area contributed by atoms with E-state index in [1.807, 2.05) is 13.0 Å². The maximum atomic E-state index is 12.1. The molecule has 2 N–H and O–H groups in total. The van der Waals surface area contributed by atoms with Crippen molar-refractivity contribution in [3.8, 4) is 0 Å². The molecule has 0 radical (unpaired) electrons. The zero-order chi connectivity index (χ0) is 15.3. The van der Waals surface area contributed by atoms with Crippen LogP contribution in [0.25, 0.3) is 0 Å². The van der Waals surface area contributed by atoms with Gasteiger partial charge in [0.05, 0.1) is 16.6 Å². The van der Waals surface area contributed by atoms with Gasteiger partial charge in [0.2, 0.25) is 0 Å². The highest BCUT2D eigenvalue weighted by atomic mass is 35.5. The van der Waals surface area contributed by atoms with Crippen LogP contribution in [-0.2, 0) is 4.79 Å². The third kappa shape index (κ3) is 4.42. The van der Waals surface area contributed by atoms with Crippen LogP contribution >= 0.6 is 11.6 Å². The molecule has 1 aromatic carbocycles. The lowest BCUT2D eigenvalue weighted by Crippen LogP contribution is -2.39. The van der Waals surface area contributed by atoms with Crippen molar-refractivity contribution >= 4 is 29.3 Å². The van der Waals surface area contributed by atoms with Crippen molar-refractivity contribution in [3.63, 3.8) is 0 Å². The van der Waals surface area contributed by atoms with Crippen LogP contribution in [0.3, 0.4) is 0 Å². The van der Waals surface area contributed by atoms with E-state index in [1.165, 1.54) is 4.90 Å². The zero-order valence-corrected chi connectivity index (χ0v) is 12.6. The Kier molecular flexibility index (Phi) is 5.82.